The Morgan fingerprint density at radius 3 is 2.61 bits per heavy atom. The quantitative estimate of drug-likeness (QED) is 0.481. The maximum absolute atomic E-state index is 12.9. The third-order valence-electron chi connectivity index (χ3n) is 5.19. The van der Waals surface area contributed by atoms with Gasteiger partial charge >= 0.3 is 6.18 Å². The van der Waals surface area contributed by atoms with Crippen molar-refractivity contribution in [3.63, 3.8) is 0 Å². The second-order valence-corrected chi connectivity index (χ2v) is 7.67. The third-order valence-corrected chi connectivity index (χ3v) is 5.19. The first-order chi connectivity index (χ1) is 15.6. The first kappa shape index (κ1) is 22.3. The monoisotopic (exact) mass is 453 g/mol. The lowest BCUT2D eigenvalue weighted by molar-refractivity contribution is -0.137. The van der Waals surface area contributed by atoms with Crippen molar-refractivity contribution in [3.05, 3.63) is 89.3 Å². The summed E-state index contributed by atoms with van der Waals surface area (Å²) in [6.45, 7) is 1.95. The number of hydrogen-bond acceptors (Lipinski definition) is 5. The summed E-state index contributed by atoms with van der Waals surface area (Å²) < 4.78 is 38.8. The molecule has 0 aliphatic carbocycles. The summed E-state index contributed by atoms with van der Waals surface area (Å²) in [7, 11) is 0. The number of alkyl halides is 3. The van der Waals surface area contributed by atoms with Crippen LogP contribution in [0.2, 0.25) is 0 Å². The molecule has 0 saturated heterocycles. The summed E-state index contributed by atoms with van der Waals surface area (Å²) in [5, 5.41) is 6.04. The minimum Gasteiger partial charge on any atom is -0.368 e. The Morgan fingerprint density at radius 1 is 1.12 bits per heavy atom. The lowest BCUT2D eigenvalue weighted by Gasteiger charge is -2.32. The molecule has 3 aromatic rings. The number of nitrogen functional groups attached to an aromatic ring is 1. The standard InChI is InChI=1S/C23H22F3N7/c1-14-12-30-20(27)32-19(14)16-5-7-17(8-6-16)22(28)9-10-29-21(33-22)31-13-15-3-2-4-18(11-15)23(24,25)26/h2-12H,13,28H2,1H3,(H2,27,30,32)(H2,29,31,33). The van der Waals surface area contributed by atoms with Crippen molar-refractivity contribution in [2.45, 2.75) is 25.3 Å². The summed E-state index contributed by atoms with van der Waals surface area (Å²) in [5.41, 5.74) is 14.2. The molecule has 0 spiro atoms. The van der Waals surface area contributed by atoms with Crippen molar-refractivity contribution in [1.29, 1.82) is 0 Å². The molecule has 4 rings (SSSR count). The van der Waals surface area contributed by atoms with Gasteiger partial charge in [-0.3, -0.25) is 0 Å². The number of aromatic nitrogens is 2. The number of anilines is 1. The molecule has 33 heavy (non-hydrogen) atoms. The van der Waals surface area contributed by atoms with Crippen LogP contribution in [0.5, 0.6) is 0 Å². The molecule has 1 aliphatic heterocycles. The maximum atomic E-state index is 12.9. The van der Waals surface area contributed by atoms with Crippen LogP contribution in [0.4, 0.5) is 19.1 Å². The molecule has 0 bridgehead atoms. The molecule has 0 radical (unpaired) electrons. The van der Waals surface area contributed by atoms with Gasteiger partial charge in [0.1, 0.15) is 5.66 Å². The van der Waals surface area contributed by atoms with Gasteiger partial charge in [0, 0.05) is 18.0 Å². The first-order valence-corrected chi connectivity index (χ1v) is 10.1. The molecule has 0 amide bonds. The van der Waals surface area contributed by atoms with E-state index >= 15 is 0 Å². The highest BCUT2D eigenvalue weighted by Crippen LogP contribution is 2.30. The number of aliphatic imine (C=N–C) groups is 1. The first-order valence-electron chi connectivity index (χ1n) is 10.1. The van der Waals surface area contributed by atoms with E-state index in [-0.39, 0.29) is 12.5 Å². The summed E-state index contributed by atoms with van der Waals surface area (Å²) >= 11 is 0. The van der Waals surface area contributed by atoms with Crippen molar-refractivity contribution >= 4 is 11.9 Å². The van der Waals surface area contributed by atoms with Gasteiger partial charge in [-0.1, -0.05) is 36.4 Å². The highest BCUT2D eigenvalue weighted by Gasteiger charge is 2.30. The van der Waals surface area contributed by atoms with E-state index in [1.165, 1.54) is 6.07 Å². The number of halogens is 3. The van der Waals surface area contributed by atoms with Crippen LogP contribution in [0.3, 0.4) is 0 Å². The molecule has 7 nitrogen and oxygen atoms in total. The number of rotatable bonds is 4. The number of aryl methyl sites for hydroxylation is 1. The zero-order chi connectivity index (χ0) is 23.6. The van der Waals surface area contributed by atoms with E-state index in [1.54, 1.807) is 24.5 Å². The molecular weight excluding hydrogens is 431 g/mol. The average molecular weight is 453 g/mol. The third kappa shape index (κ3) is 4.96. The minimum absolute atomic E-state index is 0.0521. The zero-order valence-corrected chi connectivity index (χ0v) is 17.7. The molecule has 0 fully saturated rings. The summed E-state index contributed by atoms with van der Waals surface area (Å²) in [4.78, 5) is 12.6. The number of guanidine groups is 1. The Balaban J connectivity index is 1.52. The van der Waals surface area contributed by atoms with Crippen LogP contribution in [-0.2, 0) is 18.4 Å². The van der Waals surface area contributed by atoms with E-state index in [9.17, 15) is 13.2 Å². The molecule has 1 aromatic heterocycles. The molecule has 1 unspecified atom stereocenters. The normalized spacial score (nSPS) is 19.2. The van der Waals surface area contributed by atoms with Gasteiger partial charge in [0.2, 0.25) is 5.95 Å². The van der Waals surface area contributed by atoms with Gasteiger partial charge in [-0.15, -0.1) is 0 Å². The van der Waals surface area contributed by atoms with Crippen LogP contribution in [0.1, 0.15) is 22.3 Å². The van der Waals surface area contributed by atoms with E-state index in [4.69, 9.17) is 11.5 Å². The van der Waals surface area contributed by atoms with Crippen molar-refractivity contribution in [2.24, 2.45) is 10.7 Å². The van der Waals surface area contributed by atoms with Gasteiger partial charge < -0.3 is 22.1 Å². The second kappa shape index (κ2) is 8.55. The largest absolute Gasteiger partial charge is 0.416 e. The predicted molar refractivity (Wildman–Crippen MR) is 120 cm³/mol. The SMILES string of the molecule is Cc1cnc(N)nc1-c1ccc(C2(N)C=CNC(=NCc3cccc(C(F)(F)F)c3)N2)cc1. The maximum Gasteiger partial charge on any atom is 0.416 e. The molecule has 170 valence electrons. The molecule has 2 aromatic carbocycles. The van der Waals surface area contributed by atoms with Crippen molar-refractivity contribution in [3.8, 4) is 11.3 Å². The molecule has 1 aliphatic rings. The predicted octanol–water partition coefficient (Wildman–Crippen LogP) is 3.43. The van der Waals surface area contributed by atoms with E-state index < -0.39 is 17.4 Å². The van der Waals surface area contributed by atoms with Crippen LogP contribution >= 0.6 is 0 Å². The fourth-order valence-electron chi connectivity index (χ4n) is 3.45. The summed E-state index contributed by atoms with van der Waals surface area (Å²) in [5.74, 6) is 0.542. The van der Waals surface area contributed by atoms with E-state index in [0.29, 0.717) is 11.5 Å². The number of nitrogens with zero attached hydrogens (tertiary/aromatic N) is 3. The van der Waals surface area contributed by atoms with Gasteiger partial charge in [-0.2, -0.15) is 13.2 Å². The van der Waals surface area contributed by atoms with Gasteiger partial charge in [0.05, 0.1) is 17.8 Å². The van der Waals surface area contributed by atoms with Crippen LogP contribution in [0, 0.1) is 6.92 Å². The Bertz CT molecular complexity index is 1220. The molecule has 6 N–H and O–H groups in total. The van der Waals surface area contributed by atoms with Crippen LogP contribution < -0.4 is 22.1 Å². The van der Waals surface area contributed by atoms with Crippen molar-refractivity contribution in [2.75, 3.05) is 5.73 Å². The highest BCUT2D eigenvalue weighted by molar-refractivity contribution is 5.83. The van der Waals surface area contributed by atoms with Crippen molar-refractivity contribution in [1.82, 2.24) is 20.6 Å². The van der Waals surface area contributed by atoms with E-state index in [1.807, 2.05) is 31.2 Å². The van der Waals surface area contributed by atoms with Crippen LogP contribution in [-0.4, -0.2) is 15.9 Å². The second-order valence-electron chi connectivity index (χ2n) is 7.67. The number of hydrogen-bond donors (Lipinski definition) is 4. The lowest BCUT2D eigenvalue weighted by atomic mass is 9.96. The smallest absolute Gasteiger partial charge is 0.368 e. The Morgan fingerprint density at radius 2 is 1.88 bits per heavy atom. The Labute approximate surface area is 188 Å². The van der Waals surface area contributed by atoms with Crippen molar-refractivity contribution < 1.29 is 13.2 Å². The summed E-state index contributed by atoms with van der Waals surface area (Å²) in [6, 6.07) is 12.6. The molecule has 10 heteroatoms. The highest BCUT2D eigenvalue weighted by atomic mass is 19.4. The summed E-state index contributed by atoms with van der Waals surface area (Å²) in [6.07, 6.45) is 0.645. The minimum atomic E-state index is -4.40. The lowest BCUT2D eigenvalue weighted by Crippen LogP contribution is -2.57. The molecular formula is C23H22F3N7. The van der Waals surface area contributed by atoms with E-state index in [0.717, 1.165) is 34.5 Å². The van der Waals surface area contributed by atoms with Gasteiger partial charge in [0.25, 0.3) is 0 Å². The van der Waals surface area contributed by atoms with E-state index in [2.05, 4.69) is 25.6 Å². The van der Waals surface area contributed by atoms with Gasteiger partial charge in [-0.25, -0.2) is 15.0 Å². The molecule has 0 saturated carbocycles. The Kier molecular flexibility index (Phi) is 5.77. The van der Waals surface area contributed by atoms with Crippen LogP contribution in [0.25, 0.3) is 11.3 Å². The fraction of sp³-hybridized carbons (Fsp3) is 0.174. The van der Waals surface area contributed by atoms with Gasteiger partial charge in [0.15, 0.2) is 5.96 Å². The number of nitrogens with two attached hydrogens (primary N) is 2. The number of benzene rings is 2. The fourth-order valence-corrected chi connectivity index (χ4v) is 3.45. The average Bonchev–Trinajstić information content (AvgIpc) is 2.79. The Hall–Kier alpha value is -3.92. The molecule has 2 heterocycles. The number of nitrogens with one attached hydrogen (secondary N) is 2. The van der Waals surface area contributed by atoms with Crippen LogP contribution in [0.15, 0.2) is 72.0 Å². The molecule has 1 atom stereocenters. The topological polar surface area (TPSA) is 114 Å². The van der Waals surface area contributed by atoms with Gasteiger partial charge in [-0.05, 0) is 41.8 Å². The zero-order valence-electron chi connectivity index (χ0n) is 17.7.